The fourth-order valence-electron chi connectivity index (χ4n) is 4.23. The largest absolute Gasteiger partial charge is 0.573 e. The third-order valence-electron chi connectivity index (χ3n) is 6.06. The predicted octanol–water partition coefficient (Wildman–Crippen LogP) is 7.49. The van der Waals surface area contributed by atoms with Gasteiger partial charge in [0.25, 0.3) is 0 Å². The van der Waals surface area contributed by atoms with Crippen LogP contribution in [0.25, 0.3) is 39.4 Å². The average molecular weight is 608 g/mol. The second-order valence-electron chi connectivity index (χ2n) is 9.16. The zero-order chi connectivity index (χ0) is 30.4. The molecule has 14 heteroatoms. The average Bonchev–Trinajstić information content (AvgIpc) is 3.55. The molecule has 0 bridgehead atoms. The molecule has 0 saturated heterocycles. The van der Waals surface area contributed by atoms with Gasteiger partial charge in [-0.1, -0.05) is 18.2 Å². The lowest BCUT2D eigenvalue weighted by Crippen LogP contribution is -2.16. The summed E-state index contributed by atoms with van der Waals surface area (Å²) in [7, 11) is -3.54. The summed E-state index contributed by atoms with van der Waals surface area (Å²) < 4.78 is 113. The Morgan fingerprint density at radius 2 is 1.52 bits per heavy atom. The standard InChI is InChI=1S/C28H19F6N3O4S/c1-16-35-25(17-6-9-20(10-7-17)41-28(32,33)34)26(40-16)22-15-19(18-4-3-5-21(14-18)42(2,38)39)8-11-23(22)37-13-12-24(36-37)27(29,30)31/h3-15H,1-2H3. The smallest absolute Gasteiger partial charge is 0.440 e. The van der Waals surface area contributed by atoms with E-state index in [0.29, 0.717) is 16.7 Å². The number of hydrogen-bond donors (Lipinski definition) is 0. The van der Waals surface area contributed by atoms with E-state index in [1.807, 2.05) is 0 Å². The highest BCUT2D eigenvalue weighted by Crippen LogP contribution is 2.39. The summed E-state index contributed by atoms with van der Waals surface area (Å²) in [6, 6.07) is 16.4. The number of benzene rings is 3. The van der Waals surface area contributed by atoms with Crippen LogP contribution in [-0.4, -0.2) is 35.8 Å². The first-order chi connectivity index (χ1) is 19.6. The molecule has 218 valence electrons. The maximum Gasteiger partial charge on any atom is 0.573 e. The summed E-state index contributed by atoms with van der Waals surface area (Å²) in [6.07, 6.45) is -7.41. The first-order valence-corrected chi connectivity index (χ1v) is 13.9. The molecular formula is C28H19F6N3O4S. The number of hydrogen-bond acceptors (Lipinski definition) is 6. The molecule has 0 amide bonds. The van der Waals surface area contributed by atoms with Crippen molar-refractivity contribution in [2.45, 2.75) is 24.4 Å². The zero-order valence-corrected chi connectivity index (χ0v) is 22.5. The molecule has 5 rings (SSSR count). The van der Waals surface area contributed by atoms with E-state index in [2.05, 4.69) is 14.8 Å². The number of ether oxygens (including phenoxy) is 1. The van der Waals surface area contributed by atoms with Gasteiger partial charge in [0.2, 0.25) is 0 Å². The Morgan fingerprint density at radius 3 is 2.14 bits per heavy atom. The Hall–Kier alpha value is -4.59. The second kappa shape index (κ2) is 10.4. The SMILES string of the molecule is Cc1nc(-c2ccc(OC(F)(F)F)cc2)c(-c2cc(-c3cccc(S(C)(=O)=O)c3)ccc2-n2ccc(C(F)(F)F)n2)o1. The lowest BCUT2D eigenvalue weighted by molar-refractivity contribution is -0.274. The predicted molar refractivity (Wildman–Crippen MR) is 139 cm³/mol. The number of oxazole rings is 1. The van der Waals surface area contributed by atoms with Crippen LogP contribution in [0.15, 0.2) is 88.3 Å². The fourth-order valence-corrected chi connectivity index (χ4v) is 4.90. The molecule has 0 atom stereocenters. The van der Waals surface area contributed by atoms with Gasteiger partial charge in [0.05, 0.1) is 10.6 Å². The molecule has 0 radical (unpaired) electrons. The molecule has 0 spiro atoms. The molecule has 7 nitrogen and oxygen atoms in total. The first kappa shape index (κ1) is 28.9. The molecule has 3 aromatic carbocycles. The Labute approximate surface area is 234 Å². The van der Waals surface area contributed by atoms with Gasteiger partial charge in [-0.05, 0) is 65.7 Å². The van der Waals surface area contributed by atoms with Crippen LogP contribution in [0.3, 0.4) is 0 Å². The topological polar surface area (TPSA) is 87.2 Å². The quantitative estimate of drug-likeness (QED) is 0.186. The number of sulfone groups is 1. The number of rotatable bonds is 6. The molecule has 0 unspecified atom stereocenters. The minimum Gasteiger partial charge on any atom is -0.440 e. The Kier molecular flexibility index (Phi) is 7.13. The van der Waals surface area contributed by atoms with Crippen molar-refractivity contribution in [1.82, 2.24) is 14.8 Å². The monoisotopic (exact) mass is 607 g/mol. The lowest BCUT2D eigenvalue weighted by atomic mass is 9.98. The van der Waals surface area contributed by atoms with Crippen molar-refractivity contribution in [2.75, 3.05) is 6.26 Å². The van der Waals surface area contributed by atoms with Crippen molar-refractivity contribution in [2.24, 2.45) is 0 Å². The van der Waals surface area contributed by atoms with Gasteiger partial charge >= 0.3 is 12.5 Å². The van der Waals surface area contributed by atoms with Gasteiger partial charge in [-0.25, -0.2) is 18.1 Å². The van der Waals surface area contributed by atoms with Crippen molar-refractivity contribution in [1.29, 1.82) is 0 Å². The van der Waals surface area contributed by atoms with Crippen LogP contribution in [0.2, 0.25) is 0 Å². The summed E-state index contributed by atoms with van der Waals surface area (Å²) in [5, 5.41) is 3.67. The normalized spacial score (nSPS) is 12.5. The van der Waals surface area contributed by atoms with Gasteiger partial charge in [-0.3, -0.25) is 0 Å². The van der Waals surface area contributed by atoms with Crippen molar-refractivity contribution >= 4 is 9.84 Å². The minimum atomic E-state index is -4.89. The molecule has 2 aromatic heterocycles. The number of nitrogens with zero attached hydrogens (tertiary/aromatic N) is 3. The van der Waals surface area contributed by atoms with Crippen molar-refractivity contribution < 1.29 is 43.9 Å². The molecule has 42 heavy (non-hydrogen) atoms. The molecule has 0 aliphatic heterocycles. The van der Waals surface area contributed by atoms with E-state index < -0.39 is 33.8 Å². The van der Waals surface area contributed by atoms with Crippen LogP contribution in [-0.2, 0) is 16.0 Å². The van der Waals surface area contributed by atoms with Crippen LogP contribution in [0.1, 0.15) is 11.6 Å². The molecule has 5 aromatic rings. The summed E-state index contributed by atoms with van der Waals surface area (Å²) in [5.74, 6) is -0.197. The van der Waals surface area contributed by atoms with Crippen LogP contribution < -0.4 is 4.74 Å². The van der Waals surface area contributed by atoms with Crippen LogP contribution in [0.4, 0.5) is 26.3 Å². The van der Waals surface area contributed by atoms with E-state index in [1.165, 1.54) is 37.3 Å². The van der Waals surface area contributed by atoms with Gasteiger partial charge in [-0.2, -0.15) is 18.3 Å². The zero-order valence-electron chi connectivity index (χ0n) is 21.7. The van der Waals surface area contributed by atoms with Crippen LogP contribution in [0, 0.1) is 6.92 Å². The van der Waals surface area contributed by atoms with Gasteiger partial charge in [0.15, 0.2) is 27.2 Å². The highest BCUT2D eigenvalue weighted by atomic mass is 32.2. The maximum atomic E-state index is 13.4. The third-order valence-corrected chi connectivity index (χ3v) is 7.17. The van der Waals surface area contributed by atoms with E-state index in [0.717, 1.165) is 35.3 Å². The molecule has 0 saturated carbocycles. The summed E-state index contributed by atoms with van der Waals surface area (Å²) in [5.41, 5.74) is 0.793. The van der Waals surface area contributed by atoms with E-state index >= 15 is 0 Å². The highest BCUT2D eigenvalue weighted by molar-refractivity contribution is 7.90. The second-order valence-corrected chi connectivity index (χ2v) is 11.2. The van der Waals surface area contributed by atoms with E-state index in [4.69, 9.17) is 4.42 Å². The van der Waals surface area contributed by atoms with Crippen molar-refractivity contribution in [3.63, 3.8) is 0 Å². The molecule has 0 fully saturated rings. The van der Waals surface area contributed by atoms with E-state index in [-0.39, 0.29) is 33.5 Å². The van der Waals surface area contributed by atoms with Crippen LogP contribution in [0.5, 0.6) is 5.75 Å². The summed E-state index contributed by atoms with van der Waals surface area (Å²) >= 11 is 0. The van der Waals surface area contributed by atoms with E-state index in [9.17, 15) is 34.8 Å². The van der Waals surface area contributed by atoms with Crippen molar-refractivity contribution in [3.05, 3.63) is 90.6 Å². The Morgan fingerprint density at radius 1 is 0.857 bits per heavy atom. The first-order valence-electron chi connectivity index (χ1n) is 12.0. The maximum absolute atomic E-state index is 13.4. The van der Waals surface area contributed by atoms with Gasteiger partial charge in [0.1, 0.15) is 11.4 Å². The molecule has 0 aliphatic carbocycles. The summed E-state index contributed by atoms with van der Waals surface area (Å²) in [6.45, 7) is 1.53. The Bertz CT molecular complexity index is 1870. The Balaban J connectivity index is 1.69. The molecule has 0 N–H and O–H groups in total. The number of aryl methyl sites for hydroxylation is 1. The number of halogens is 6. The third kappa shape index (κ3) is 6.17. The van der Waals surface area contributed by atoms with Gasteiger partial charge in [-0.15, -0.1) is 13.2 Å². The number of alkyl halides is 6. The van der Waals surface area contributed by atoms with E-state index in [1.54, 1.807) is 24.3 Å². The fraction of sp³-hybridized carbons (Fsp3) is 0.143. The van der Waals surface area contributed by atoms with Crippen LogP contribution >= 0.6 is 0 Å². The minimum absolute atomic E-state index is 0.0601. The number of aromatic nitrogens is 3. The lowest BCUT2D eigenvalue weighted by Gasteiger charge is -2.13. The summed E-state index contributed by atoms with van der Waals surface area (Å²) in [4.78, 5) is 4.43. The van der Waals surface area contributed by atoms with Gasteiger partial charge in [0, 0.05) is 30.5 Å². The molecule has 0 aliphatic rings. The van der Waals surface area contributed by atoms with Gasteiger partial charge < -0.3 is 9.15 Å². The highest BCUT2D eigenvalue weighted by Gasteiger charge is 2.34. The van der Waals surface area contributed by atoms with Crippen molar-refractivity contribution in [3.8, 4) is 45.1 Å². The molecular weight excluding hydrogens is 588 g/mol. The molecule has 2 heterocycles.